The van der Waals surface area contributed by atoms with Crippen molar-refractivity contribution in [2.75, 3.05) is 18.1 Å². The fourth-order valence-electron chi connectivity index (χ4n) is 1.84. The molecule has 0 bridgehead atoms. The molecule has 4 nitrogen and oxygen atoms in total. The third-order valence-corrected chi connectivity index (χ3v) is 2.65. The lowest BCUT2D eigenvalue weighted by molar-refractivity contribution is -0.121. The first-order chi connectivity index (χ1) is 7.76. The molecule has 0 spiro atoms. The van der Waals surface area contributed by atoms with Crippen LogP contribution >= 0.6 is 0 Å². The van der Waals surface area contributed by atoms with Crippen LogP contribution in [0, 0.1) is 0 Å². The molecule has 16 heavy (non-hydrogen) atoms. The molecule has 2 N–H and O–H groups in total. The van der Waals surface area contributed by atoms with E-state index >= 15 is 0 Å². The Morgan fingerprint density at radius 1 is 1.50 bits per heavy atom. The molecule has 0 radical (unpaired) electrons. The van der Waals surface area contributed by atoms with Crippen molar-refractivity contribution in [1.82, 2.24) is 0 Å². The molecule has 0 saturated carbocycles. The summed E-state index contributed by atoms with van der Waals surface area (Å²) < 4.78 is 5.41. The summed E-state index contributed by atoms with van der Waals surface area (Å²) in [6, 6.07) is 5.75. The number of ether oxygens (including phenoxy) is 1. The number of carbonyl (C=O) groups is 1. The molecular weight excluding hydrogens is 204 g/mol. The smallest absolute Gasteiger partial charge is 0.265 e. The monoisotopic (exact) mass is 220 g/mol. The van der Waals surface area contributed by atoms with E-state index in [0.29, 0.717) is 6.54 Å². The lowest BCUT2D eigenvalue weighted by Gasteiger charge is -2.29. The molecule has 0 atom stereocenters. The van der Waals surface area contributed by atoms with E-state index < -0.39 is 0 Å². The van der Waals surface area contributed by atoms with Crippen molar-refractivity contribution in [3.8, 4) is 5.75 Å². The number of hydrogen-bond acceptors (Lipinski definition) is 3. The predicted octanol–water partition coefficient (Wildman–Crippen LogP) is 1.28. The fourth-order valence-corrected chi connectivity index (χ4v) is 1.84. The summed E-state index contributed by atoms with van der Waals surface area (Å²) in [6.07, 6.45) is 0.934. The molecule has 0 fully saturated rings. The van der Waals surface area contributed by atoms with Gasteiger partial charge in [0.05, 0.1) is 5.69 Å². The van der Waals surface area contributed by atoms with Gasteiger partial charge >= 0.3 is 0 Å². The zero-order valence-corrected chi connectivity index (χ0v) is 9.40. The molecule has 1 aromatic carbocycles. The number of benzene rings is 1. The first-order valence-electron chi connectivity index (χ1n) is 5.52. The van der Waals surface area contributed by atoms with Crippen LogP contribution < -0.4 is 15.4 Å². The Morgan fingerprint density at radius 3 is 3.00 bits per heavy atom. The highest BCUT2D eigenvalue weighted by Crippen LogP contribution is 2.32. The molecule has 1 amide bonds. The lowest BCUT2D eigenvalue weighted by atomic mass is 10.1. The molecule has 86 valence electrons. The van der Waals surface area contributed by atoms with Crippen molar-refractivity contribution in [2.24, 2.45) is 5.73 Å². The Kier molecular flexibility index (Phi) is 3.10. The van der Waals surface area contributed by atoms with Gasteiger partial charge in [0.2, 0.25) is 0 Å². The van der Waals surface area contributed by atoms with Crippen molar-refractivity contribution in [3.63, 3.8) is 0 Å². The van der Waals surface area contributed by atoms with Crippen LogP contribution in [0.2, 0.25) is 0 Å². The maximum atomic E-state index is 11.7. The van der Waals surface area contributed by atoms with Crippen molar-refractivity contribution in [2.45, 2.75) is 19.9 Å². The molecule has 1 aromatic rings. The minimum Gasteiger partial charge on any atom is -0.482 e. The molecule has 1 heterocycles. The minimum atomic E-state index is 0.0230. The number of hydrogen-bond donors (Lipinski definition) is 1. The zero-order chi connectivity index (χ0) is 11.5. The summed E-state index contributed by atoms with van der Waals surface area (Å²) in [6.45, 7) is 3.40. The second-order valence-corrected chi connectivity index (χ2v) is 3.84. The second kappa shape index (κ2) is 4.53. The van der Waals surface area contributed by atoms with Gasteiger partial charge in [-0.2, -0.15) is 0 Å². The fraction of sp³-hybridized carbons (Fsp3) is 0.417. The van der Waals surface area contributed by atoms with E-state index in [0.717, 1.165) is 30.0 Å². The summed E-state index contributed by atoms with van der Waals surface area (Å²) >= 11 is 0. The van der Waals surface area contributed by atoms with Crippen LogP contribution in [0.15, 0.2) is 18.2 Å². The van der Waals surface area contributed by atoms with Crippen LogP contribution in [0.25, 0.3) is 0 Å². The van der Waals surface area contributed by atoms with Gasteiger partial charge in [0.25, 0.3) is 5.91 Å². The standard InChI is InChI=1S/C12H16N2O2/c1-2-5-14-10-4-3-9(7-13)6-11(10)16-8-12(14)15/h3-4,6H,2,5,7-8,13H2,1H3. The third-order valence-electron chi connectivity index (χ3n) is 2.65. The van der Waals surface area contributed by atoms with Gasteiger partial charge in [-0.3, -0.25) is 4.79 Å². The van der Waals surface area contributed by atoms with Crippen LogP contribution in [0.4, 0.5) is 5.69 Å². The highest BCUT2D eigenvalue weighted by Gasteiger charge is 2.24. The highest BCUT2D eigenvalue weighted by atomic mass is 16.5. The summed E-state index contributed by atoms with van der Waals surface area (Å²) in [5.74, 6) is 0.783. The molecule has 2 rings (SSSR count). The highest BCUT2D eigenvalue weighted by molar-refractivity contribution is 5.97. The van der Waals surface area contributed by atoms with Gasteiger partial charge in [0.15, 0.2) is 6.61 Å². The molecular formula is C12H16N2O2. The van der Waals surface area contributed by atoms with Crippen LogP contribution in [-0.2, 0) is 11.3 Å². The largest absolute Gasteiger partial charge is 0.482 e. The minimum absolute atomic E-state index is 0.0230. The van der Waals surface area contributed by atoms with E-state index in [-0.39, 0.29) is 12.5 Å². The Hall–Kier alpha value is -1.55. The number of anilines is 1. The van der Waals surface area contributed by atoms with E-state index in [4.69, 9.17) is 10.5 Å². The maximum absolute atomic E-state index is 11.7. The van der Waals surface area contributed by atoms with Gasteiger partial charge < -0.3 is 15.4 Å². The Labute approximate surface area is 95.0 Å². The molecule has 0 saturated heterocycles. The number of fused-ring (bicyclic) bond motifs is 1. The first kappa shape index (κ1) is 11.0. The van der Waals surface area contributed by atoms with Crippen molar-refractivity contribution >= 4 is 11.6 Å². The Morgan fingerprint density at radius 2 is 2.31 bits per heavy atom. The van der Waals surface area contributed by atoms with Crippen molar-refractivity contribution in [3.05, 3.63) is 23.8 Å². The van der Waals surface area contributed by atoms with E-state index in [1.165, 1.54) is 0 Å². The Balaban J connectivity index is 2.36. The maximum Gasteiger partial charge on any atom is 0.265 e. The summed E-state index contributed by atoms with van der Waals surface area (Å²) in [5, 5.41) is 0. The van der Waals surface area contributed by atoms with E-state index in [9.17, 15) is 4.79 Å². The number of rotatable bonds is 3. The Bertz CT molecular complexity index is 404. The SMILES string of the molecule is CCCN1C(=O)COc2cc(CN)ccc21. The van der Waals surface area contributed by atoms with Gasteiger partial charge in [-0.1, -0.05) is 13.0 Å². The molecule has 1 aliphatic heterocycles. The summed E-state index contributed by atoms with van der Waals surface area (Å²) in [4.78, 5) is 13.5. The van der Waals surface area contributed by atoms with Gasteiger partial charge in [-0.05, 0) is 24.1 Å². The lowest BCUT2D eigenvalue weighted by Crippen LogP contribution is -2.39. The average molecular weight is 220 g/mol. The number of amides is 1. The van der Waals surface area contributed by atoms with Crippen LogP contribution in [0.5, 0.6) is 5.75 Å². The second-order valence-electron chi connectivity index (χ2n) is 3.84. The van der Waals surface area contributed by atoms with E-state index in [1.807, 2.05) is 18.2 Å². The number of nitrogens with zero attached hydrogens (tertiary/aromatic N) is 1. The quantitative estimate of drug-likeness (QED) is 0.834. The molecule has 0 unspecified atom stereocenters. The topological polar surface area (TPSA) is 55.6 Å². The zero-order valence-electron chi connectivity index (χ0n) is 9.40. The van der Waals surface area contributed by atoms with Gasteiger partial charge in [-0.25, -0.2) is 0 Å². The van der Waals surface area contributed by atoms with Gasteiger partial charge in [-0.15, -0.1) is 0 Å². The third kappa shape index (κ3) is 1.88. The van der Waals surface area contributed by atoms with Crippen molar-refractivity contribution < 1.29 is 9.53 Å². The predicted molar refractivity (Wildman–Crippen MR) is 62.5 cm³/mol. The summed E-state index contributed by atoms with van der Waals surface area (Å²) in [5.41, 5.74) is 7.44. The molecule has 0 aliphatic carbocycles. The van der Waals surface area contributed by atoms with Gasteiger partial charge in [0.1, 0.15) is 5.75 Å². The first-order valence-corrected chi connectivity index (χ1v) is 5.52. The molecule has 0 aromatic heterocycles. The van der Waals surface area contributed by atoms with E-state index in [1.54, 1.807) is 4.90 Å². The van der Waals surface area contributed by atoms with E-state index in [2.05, 4.69) is 6.92 Å². The van der Waals surface area contributed by atoms with Crippen LogP contribution in [0.1, 0.15) is 18.9 Å². The normalized spacial score (nSPS) is 14.6. The average Bonchev–Trinajstić information content (AvgIpc) is 2.32. The van der Waals surface area contributed by atoms with Crippen LogP contribution in [0.3, 0.4) is 0 Å². The molecule has 4 heteroatoms. The summed E-state index contributed by atoms with van der Waals surface area (Å²) in [7, 11) is 0. The van der Waals surface area contributed by atoms with Crippen molar-refractivity contribution in [1.29, 1.82) is 0 Å². The number of carbonyl (C=O) groups excluding carboxylic acids is 1. The number of nitrogens with two attached hydrogens (primary N) is 1. The molecule has 1 aliphatic rings. The van der Waals surface area contributed by atoms with Gasteiger partial charge in [0, 0.05) is 13.1 Å². The van der Waals surface area contributed by atoms with Crippen LogP contribution in [-0.4, -0.2) is 19.1 Å².